The van der Waals surface area contributed by atoms with Gasteiger partial charge in [0.25, 0.3) is 0 Å². The molecule has 0 aliphatic heterocycles. The molecule has 1 N–H and O–H groups in total. The van der Waals surface area contributed by atoms with Crippen molar-refractivity contribution in [3.63, 3.8) is 0 Å². The van der Waals surface area contributed by atoms with Gasteiger partial charge in [0.15, 0.2) is 5.82 Å². The van der Waals surface area contributed by atoms with E-state index in [1.807, 2.05) is 0 Å². The molecule has 0 aliphatic rings. The van der Waals surface area contributed by atoms with Crippen molar-refractivity contribution in [1.82, 2.24) is 15.2 Å². The van der Waals surface area contributed by atoms with Gasteiger partial charge in [-0.25, -0.2) is 18.6 Å². The number of carbonyl (C=O) groups excluding carboxylic acids is 1. The molecule has 0 amide bonds. The van der Waals surface area contributed by atoms with Crippen LogP contribution in [-0.4, -0.2) is 27.8 Å². The highest BCUT2D eigenvalue weighted by Gasteiger charge is 2.18. The van der Waals surface area contributed by atoms with Gasteiger partial charge in [-0.2, -0.15) is 5.10 Å². The van der Waals surface area contributed by atoms with Crippen LogP contribution in [0.25, 0.3) is 11.4 Å². The number of aromatic nitrogens is 3. The van der Waals surface area contributed by atoms with Crippen LogP contribution < -0.4 is 0 Å². The molecule has 0 bridgehead atoms. The Morgan fingerprint density at radius 1 is 1.39 bits per heavy atom. The SMILES string of the molecule is CCOC(=O)c1nc(-c2c(F)cccc2F)n[nH]1. The minimum atomic E-state index is -0.801. The highest BCUT2D eigenvalue weighted by molar-refractivity contribution is 5.85. The summed E-state index contributed by atoms with van der Waals surface area (Å²) < 4.78 is 31.6. The van der Waals surface area contributed by atoms with Gasteiger partial charge >= 0.3 is 5.97 Å². The maximum atomic E-state index is 13.4. The van der Waals surface area contributed by atoms with Crippen molar-refractivity contribution in [2.24, 2.45) is 0 Å². The van der Waals surface area contributed by atoms with Crippen LogP contribution in [0.1, 0.15) is 17.5 Å². The normalized spacial score (nSPS) is 10.4. The summed E-state index contributed by atoms with van der Waals surface area (Å²) >= 11 is 0. The summed E-state index contributed by atoms with van der Waals surface area (Å²) in [5.41, 5.74) is -0.385. The van der Waals surface area contributed by atoms with E-state index in [2.05, 4.69) is 19.9 Å². The lowest BCUT2D eigenvalue weighted by Gasteiger charge is -1.99. The van der Waals surface area contributed by atoms with Crippen molar-refractivity contribution in [2.45, 2.75) is 6.92 Å². The van der Waals surface area contributed by atoms with Gasteiger partial charge in [-0.3, -0.25) is 5.10 Å². The van der Waals surface area contributed by atoms with Crippen molar-refractivity contribution in [3.05, 3.63) is 35.7 Å². The molecular formula is C11H9F2N3O2. The number of nitrogens with one attached hydrogen (secondary N) is 1. The van der Waals surface area contributed by atoms with Gasteiger partial charge in [-0.05, 0) is 19.1 Å². The van der Waals surface area contributed by atoms with Crippen LogP contribution in [0.3, 0.4) is 0 Å². The minimum Gasteiger partial charge on any atom is -0.460 e. The number of aromatic amines is 1. The van der Waals surface area contributed by atoms with Crippen molar-refractivity contribution in [2.75, 3.05) is 6.61 Å². The lowest BCUT2D eigenvalue weighted by atomic mass is 10.2. The largest absolute Gasteiger partial charge is 0.460 e. The zero-order valence-corrected chi connectivity index (χ0v) is 9.41. The van der Waals surface area contributed by atoms with Gasteiger partial charge in [0, 0.05) is 0 Å². The minimum absolute atomic E-state index is 0.170. The predicted octanol–water partition coefficient (Wildman–Crippen LogP) is 1.93. The van der Waals surface area contributed by atoms with E-state index in [1.165, 1.54) is 6.07 Å². The molecule has 94 valence electrons. The molecule has 2 rings (SSSR count). The fraction of sp³-hybridized carbons (Fsp3) is 0.182. The number of esters is 1. The monoisotopic (exact) mass is 253 g/mol. The second-order valence-electron chi connectivity index (χ2n) is 3.32. The zero-order valence-electron chi connectivity index (χ0n) is 9.41. The van der Waals surface area contributed by atoms with E-state index in [9.17, 15) is 13.6 Å². The molecule has 1 heterocycles. The van der Waals surface area contributed by atoms with E-state index in [0.717, 1.165) is 12.1 Å². The van der Waals surface area contributed by atoms with Gasteiger partial charge < -0.3 is 4.74 Å². The number of benzene rings is 1. The molecule has 1 aromatic heterocycles. The molecule has 0 fully saturated rings. The summed E-state index contributed by atoms with van der Waals surface area (Å²) in [5, 5.41) is 5.87. The van der Waals surface area contributed by atoms with Gasteiger partial charge in [0.1, 0.15) is 11.6 Å². The average molecular weight is 253 g/mol. The smallest absolute Gasteiger partial charge is 0.375 e. The van der Waals surface area contributed by atoms with E-state index < -0.39 is 17.6 Å². The lowest BCUT2D eigenvalue weighted by molar-refractivity contribution is 0.0512. The molecule has 2 aromatic rings. The van der Waals surface area contributed by atoms with E-state index in [1.54, 1.807) is 6.92 Å². The van der Waals surface area contributed by atoms with Crippen LogP contribution in [0.2, 0.25) is 0 Å². The Morgan fingerprint density at radius 2 is 2.06 bits per heavy atom. The Labute approximate surface area is 101 Å². The van der Waals surface area contributed by atoms with Gasteiger partial charge in [0.05, 0.1) is 12.2 Å². The van der Waals surface area contributed by atoms with Crippen LogP contribution >= 0.6 is 0 Å². The fourth-order valence-corrected chi connectivity index (χ4v) is 1.38. The summed E-state index contributed by atoms with van der Waals surface area (Å²) in [4.78, 5) is 15.0. The topological polar surface area (TPSA) is 67.9 Å². The Balaban J connectivity index is 2.38. The number of hydrogen-bond donors (Lipinski definition) is 1. The van der Waals surface area contributed by atoms with E-state index in [4.69, 9.17) is 0 Å². The molecule has 5 nitrogen and oxygen atoms in total. The third kappa shape index (κ3) is 2.20. The first-order valence-electron chi connectivity index (χ1n) is 5.17. The second kappa shape index (κ2) is 4.91. The summed E-state index contributed by atoms with van der Waals surface area (Å²) in [6.07, 6.45) is 0. The molecule has 0 radical (unpaired) electrons. The van der Waals surface area contributed by atoms with E-state index in [0.29, 0.717) is 0 Å². The molecular weight excluding hydrogens is 244 g/mol. The summed E-state index contributed by atoms with van der Waals surface area (Å²) in [5.74, 6) is -2.76. The number of carbonyl (C=O) groups is 1. The Morgan fingerprint density at radius 3 is 2.67 bits per heavy atom. The zero-order chi connectivity index (χ0) is 13.1. The molecule has 0 saturated carbocycles. The molecule has 1 aromatic carbocycles. The highest BCUT2D eigenvalue weighted by atomic mass is 19.1. The van der Waals surface area contributed by atoms with Crippen molar-refractivity contribution < 1.29 is 18.3 Å². The highest BCUT2D eigenvalue weighted by Crippen LogP contribution is 2.22. The lowest BCUT2D eigenvalue weighted by Crippen LogP contribution is -2.06. The third-order valence-corrected chi connectivity index (χ3v) is 2.14. The summed E-state index contributed by atoms with van der Waals surface area (Å²) in [7, 11) is 0. The summed E-state index contributed by atoms with van der Waals surface area (Å²) in [6.45, 7) is 1.80. The van der Waals surface area contributed by atoms with Gasteiger partial charge in [-0.1, -0.05) is 6.07 Å². The molecule has 0 spiro atoms. The molecule has 0 unspecified atom stereocenters. The van der Waals surface area contributed by atoms with Crippen LogP contribution in [0.5, 0.6) is 0 Å². The van der Waals surface area contributed by atoms with Crippen molar-refractivity contribution in [3.8, 4) is 11.4 Å². The number of halogens is 2. The summed E-state index contributed by atoms with van der Waals surface area (Å²) in [6, 6.07) is 3.39. The molecule has 18 heavy (non-hydrogen) atoms. The standard InChI is InChI=1S/C11H9F2N3O2/c1-2-18-11(17)10-14-9(15-16-10)8-6(12)4-3-5-7(8)13/h3-5H,2H2,1H3,(H,14,15,16). The van der Waals surface area contributed by atoms with Crippen molar-refractivity contribution >= 4 is 5.97 Å². The predicted molar refractivity (Wildman–Crippen MR) is 57.7 cm³/mol. The van der Waals surface area contributed by atoms with Crippen LogP contribution in [0.4, 0.5) is 8.78 Å². The maximum absolute atomic E-state index is 13.4. The third-order valence-electron chi connectivity index (χ3n) is 2.14. The quantitative estimate of drug-likeness (QED) is 0.848. The number of hydrogen-bond acceptors (Lipinski definition) is 4. The first-order chi connectivity index (χ1) is 8.63. The van der Waals surface area contributed by atoms with Gasteiger partial charge in [-0.15, -0.1) is 0 Å². The van der Waals surface area contributed by atoms with E-state index >= 15 is 0 Å². The number of rotatable bonds is 3. The van der Waals surface area contributed by atoms with Gasteiger partial charge in [0.2, 0.25) is 5.82 Å². The first-order valence-corrected chi connectivity index (χ1v) is 5.17. The van der Waals surface area contributed by atoms with Crippen LogP contribution in [-0.2, 0) is 4.74 Å². The number of nitrogens with zero attached hydrogens (tertiary/aromatic N) is 2. The van der Waals surface area contributed by atoms with Crippen LogP contribution in [0, 0.1) is 11.6 Å². The second-order valence-corrected chi connectivity index (χ2v) is 3.32. The Bertz CT molecular complexity index is 563. The molecule has 0 saturated heterocycles. The molecule has 0 atom stereocenters. The van der Waals surface area contributed by atoms with Crippen LogP contribution in [0.15, 0.2) is 18.2 Å². The first kappa shape index (κ1) is 12.2. The average Bonchev–Trinajstić information content (AvgIpc) is 2.78. The Hall–Kier alpha value is -2.31. The number of H-pyrrole nitrogens is 1. The number of ether oxygens (including phenoxy) is 1. The maximum Gasteiger partial charge on any atom is 0.375 e. The van der Waals surface area contributed by atoms with Crippen molar-refractivity contribution in [1.29, 1.82) is 0 Å². The Kier molecular flexibility index (Phi) is 3.31. The molecule has 7 heteroatoms. The molecule has 0 aliphatic carbocycles. The fourth-order valence-electron chi connectivity index (χ4n) is 1.38. The van der Waals surface area contributed by atoms with E-state index in [-0.39, 0.29) is 23.8 Å².